The fourth-order valence-corrected chi connectivity index (χ4v) is 5.51. The molecule has 1 N–H and O–H groups in total. The van der Waals surface area contributed by atoms with E-state index in [1.54, 1.807) is 4.90 Å². The van der Waals surface area contributed by atoms with E-state index in [0.717, 1.165) is 19.3 Å². The Morgan fingerprint density at radius 3 is 2.24 bits per heavy atom. The van der Waals surface area contributed by atoms with Crippen LogP contribution >= 0.6 is 0 Å². The summed E-state index contributed by atoms with van der Waals surface area (Å²) in [5.74, 6) is -0.751. The Labute approximate surface area is 198 Å². The molecule has 2 aliphatic rings. The van der Waals surface area contributed by atoms with Gasteiger partial charge < -0.3 is 19.5 Å². The largest absolute Gasteiger partial charge is 0.379 e. The summed E-state index contributed by atoms with van der Waals surface area (Å²) in [5.41, 5.74) is 0.0532. The molecule has 2 fully saturated rings. The zero-order chi connectivity index (χ0) is 24.3. The molecule has 182 valence electrons. The number of anilines is 1. The number of benzene rings is 1. The minimum atomic E-state index is -3.68. The Hall–Kier alpha value is -3.02. The molecule has 0 aliphatic carbocycles. The lowest BCUT2D eigenvalue weighted by atomic mass is 10.1. The number of likely N-dealkylation sites (tertiary alicyclic amines) is 1. The molecule has 2 aromatic rings. The third-order valence-corrected chi connectivity index (χ3v) is 7.96. The van der Waals surface area contributed by atoms with Gasteiger partial charge in [0.15, 0.2) is 0 Å². The maximum atomic E-state index is 12.9. The molecule has 1 aromatic carbocycles. The van der Waals surface area contributed by atoms with Crippen molar-refractivity contribution < 1.29 is 22.7 Å². The molecule has 2 saturated heterocycles. The SMILES string of the molecule is Cn1cc(C(=O)N2CCCCC2)cc(NC(=O)c2ccc(S(=O)(=O)N3CCOCC3)cc2)c1=O. The Morgan fingerprint density at radius 2 is 1.59 bits per heavy atom. The quantitative estimate of drug-likeness (QED) is 0.678. The van der Waals surface area contributed by atoms with Crippen LogP contribution in [0.25, 0.3) is 0 Å². The Balaban J connectivity index is 1.51. The van der Waals surface area contributed by atoms with Crippen molar-refractivity contribution in [2.75, 3.05) is 44.7 Å². The molecule has 1 aromatic heterocycles. The molecule has 34 heavy (non-hydrogen) atoms. The van der Waals surface area contributed by atoms with Gasteiger partial charge in [-0.05, 0) is 49.6 Å². The molecule has 4 rings (SSSR count). The number of hydrogen-bond acceptors (Lipinski definition) is 6. The number of rotatable bonds is 5. The fourth-order valence-electron chi connectivity index (χ4n) is 4.11. The van der Waals surface area contributed by atoms with Gasteiger partial charge in [0.1, 0.15) is 5.69 Å². The van der Waals surface area contributed by atoms with Gasteiger partial charge in [0.2, 0.25) is 10.0 Å². The van der Waals surface area contributed by atoms with Crippen molar-refractivity contribution in [1.82, 2.24) is 13.8 Å². The zero-order valence-electron chi connectivity index (χ0n) is 19.0. The van der Waals surface area contributed by atoms with Crippen LogP contribution < -0.4 is 10.9 Å². The Morgan fingerprint density at radius 1 is 0.941 bits per heavy atom. The molecule has 3 heterocycles. The molecule has 0 atom stereocenters. The number of ether oxygens (including phenoxy) is 1. The van der Waals surface area contributed by atoms with E-state index in [4.69, 9.17) is 4.74 Å². The lowest BCUT2D eigenvalue weighted by molar-refractivity contribution is 0.0723. The predicted octanol–water partition coefficient (Wildman–Crippen LogP) is 1.28. The predicted molar refractivity (Wildman–Crippen MR) is 125 cm³/mol. The van der Waals surface area contributed by atoms with Crippen molar-refractivity contribution in [3.8, 4) is 0 Å². The standard InChI is InChI=1S/C23H28N4O6S/c1-25-16-18(22(29)26-9-3-2-4-10-26)15-20(23(25)30)24-21(28)17-5-7-19(8-6-17)34(31,32)27-11-13-33-14-12-27/h5-8,15-16H,2-4,9-14H2,1H3,(H,24,28). The van der Waals surface area contributed by atoms with Crippen LogP contribution in [0.2, 0.25) is 0 Å². The molecule has 0 saturated carbocycles. The first-order valence-corrected chi connectivity index (χ1v) is 12.7. The van der Waals surface area contributed by atoms with E-state index in [9.17, 15) is 22.8 Å². The van der Waals surface area contributed by atoms with Gasteiger partial charge in [-0.1, -0.05) is 0 Å². The minimum absolute atomic E-state index is 0.0135. The summed E-state index contributed by atoms with van der Waals surface area (Å²) in [6, 6.07) is 6.93. The van der Waals surface area contributed by atoms with Crippen molar-refractivity contribution in [2.45, 2.75) is 24.2 Å². The van der Waals surface area contributed by atoms with Gasteiger partial charge in [-0.15, -0.1) is 0 Å². The minimum Gasteiger partial charge on any atom is -0.379 e. The average molecular weight is 489 g/mol. The molecule has 11 heteroatoms. The molecule has 0 radical (unpaired) electrons. The zero-order valence-corrected chi connectivity index (χ0v) is 19.8. The summed E-state index contributed by atoms with van der Waals surface area (Å²) < 4.78 is 33.3. The van der Waals surface area contributed by atoms with Crippen LogP contribution in [0.4, 0.5) is 5.69 Å². The van der Waals surface area contributed by atoms with Gasteiger partial charge in [-0.25, -0.2) is 8.42 Å². The summed E-state index contributed by atoms with van der Waals surface area (Å²) in [6.45, 7) is 2.58. The second kappa shape index (κ2) is 10.1. The van der Waals surface area contributed by atoms with Crippen molar-refractivity contribution in [3.63, 3.8) is 0 Å². The van der Waals surface area contributed by atoms with Crippen LogP contribution in [0.5, 0.6) is 0 Å². The van der Waals surface area contributed by atoms with Gasteiger partial charge in [-0.2, -0.15) is 4.31 Å². The first kappa shape index (κ1) is 24.1. The number of carbonyl (C=O) groups excluding carboxylic acids is 2. The highest BCUT2D eigenvalue weighted by molar-refractivity contribution is 7.89. The highest BCUT2D eigenvalue weighted by Gasteiger charge is 2.26. The Kier molecular flexibility index (Phi) is 7.15. The summed E-state index contributed by atoms with van der Waals surface area (Å²) in [7, 11) is -2.15. The highest BCUT2D eigenvalue weighted by atomic mass is 32.2. The number of hydrogen-bond donors (Lipinski definition) is 1. The van der Waals surface area contributed by atoms with Crippen molar-refractivity contribution in [2.24, 2.45) is 7.05 Å². The first-order valence-electron chi connectivity index (χ1n) is 11.3. The summed E-state index contributed by atoms with van der Waals surface area (Å²) in [4.78, 5) is 40.1. The summed E-state index contributed by atoms with van der Waals surface area (Å²) in [5, 5.41) is 2.57. The number of nitrogens with one attached hydrogen (secondary N) is 1. The molecular formula is C23H28N4O6S. The van der Waals surface area contributed by atoms with Gasteiger partial charge in [0.05, 0.1) is 23.7 Å². The van der Waals surface area contributed by atoms with Gasteiger partial charge in [-0.3, -0.25) is 14.4 Å². The molecule has 0 bridgehead atoms. The highest BCUT2D eigenvalue weighted by Crippen LogP contribution is 2.19. The molecule has 0 unspecified atom stereocenters. The molecule has 0 spiro atoms. The smallest absolute Gasteiger partial charge is 0.274 e. The summed E-state index contributed by atoms with van der Waals surface area (Å²) >= 11 is 0. The fraction of sp³-hybridized carbons (Fsp3) is 0.435. The number of morpholine rings is 1. The van der Waals surface area contributed by atoms with Crippen molar-refractivity contribution in [1.29, 1.82) is 0 Å². The normalized spacial score (nSPS) is 17.4. The number of amides is 2. The van der Waals surface area contributed by atoms with Gasteiger partial charge >= 0.3 is 0 Å². The van der Waals surface area contributed by atoms with Crippen LogP contribution in [-0.2, 0) is 21.8 Å². The number of aryl methyl sites for hydroxylation is 1. The summed E-state index contributed by atoms with van der Waals surface area (Å²) in [6.07, 6.45) is 4.45. The number of sulfonamides is 1. The van der Waals surface area contributed by atoms with E-state index in [2.05, 4.69) is 5.32 Å². The maximum absolute atomic E-state index is 12.9. The van der Waals surface area contributed by atoms with E-state index < -0.39 is 21.5 Å². The Bertz CT molecular complexity index is 1230. The lowest BCUT2D eigenvalue weighted by Crippen LogP contribution is -2.40. The van der Waals surface area contributed by atoms with Crippen molar-refractivity contribution >= 4 is 27.5 Å². The van der Waals surface area contributed by atoms with Crippen molar-refractivity contribution in [3.05, 3.63) is 58.0 Å². The van der Waals surface area contributed by atoms with E-state index in [1.807, 2.05) is 0 Å². The maximum Gasteiger partial charge on any atom is 0.274 e. The second-order valence-electron chi connectivity index (χ2n) is 8.41. The topological polar surface area (TPSA) is 118 Å². The van der Waals surface area contributed by atoms with E-state index in [0.29, 0.717) is 31.9 Å². The van der Waals surface area contributed by atoms with Crippen LogP contribution in [0, 0.1) is 0 Å². The second-order valence-corrected chi connectivity index (χ2v) is 10.3. The van der Waals surface area contributed by atoms with E-state index >= 15 is 0 Å². The molecular weight excluding hydrogens is 460 g/mol. The lowest BCUT2D eigenvalue weighted by Gasteiger charge is -2.27. The third-order valence-electron chi connectivity index (χ3n) is 6.05. The number of pyridine rings is 1. The number of aromatic nitrogens is 1. The number of piperidine rings is 1. The first-order chi connectivity index (χ1) is 16.3. The van der Waals surface area contributed by atoms with Gasteiger partial charge in [0.25, 0.3) is 17.4 Å². The number of carbonyl (C=O) groups is 2. The average Bonchev–Trinajstić information content (AvgIpc) is 2.87. The van der Waals surface area contributed by atoms with Crippen LogP contribution in [0.3, 0.4) is 0 Å². The van der Waals surface area contributed by atoms with E-state index in [-0.39, 0.29) is 35.1 Å². The van der Waals surface area contributed by atoms with Crippen LogP contribution in [-0.4, -0.2) is 73.4 Å². The third kappa shape index (κ3) is 5.06. The molecule has 2 aliphatic heterocycles. The van der Waals surface area contributed by atoms with E-state index in [1.165, 1.54) is 52.4 Å². The molecule has 10 nitrogen and oxygen atoms in total. The van der Waals surface area contributed by atoms with Gasteiger partial charge in [0, 0.05) is 45.0 Å². The monoisotopic (exact) mass is 488 g/mol. The van der Waals surface area contributed by atoms with Crippen LogP contribution in [0.15, 0.2) is 46.2 Å². The molecule has 2 amide bonds. The van der Waals surface area contributed by atoms with Crippen LogP contribution in [0.1, 0.15) is 40.0 Å². The number of nitrogens with zero attached hydrogens (tertiary/aromatic N) is 3.